The molecule has 0 bridgehead atoms. The number of fused-ring (bicyclic) bond motifs is 4. The summed E-state index contributed by atoms with van der Waals surface area (Å²) in [5, 5.41) is 11.4. The molecule has 4 rings (SSSR count). The smallest absolute Gasteiger partial charge is 0.156 e. The number of ketones is 1. The maximum atomic E-state index is 12.0. The first kappa shape index (κ1) is 10.5. The van der Waals surface area contributed by atoms with Gasteiger partial charge in [-0.05, 0) is 73.2 Å². The molecule has 0 aromatic rings. The van der Waals surface area contributed by atoms with Gasteiger partial charge in [-0.2, -0.15) is 0 Å². The van der Waals surface area contributed by atoms with Crippen molar-refractivity contribution in [1.82, 2.24) is 0 Å². The van der Waals surface area contributed by atoms with Crippen molar-refractivity contribution in [1.29, 1.82) is 0 Å². The van der Waals surface area contributed by atoms with Crippen LogP contribution in [-0.2, 0) is 4.79 Å². The SMILES string of the molecule is [2H]C([2H])=C([2H])C[C@]1(O)CC[C@H]2[C@@H]3CCC4=CC(=O)C([2H])([2H])CC4=C3C=C[C@@]21C. The highest BCUT2D eigenvalue weighted by Crippen LogP contribution is 2.61. The fourth-order valence-electron chi connectivity index (χ4n) is 5.32. The van der Waals surface area contributed by atoms with Crippen LogP contribution < -0.4 is 0 Å². The Hall–Kier alpha value is -1.41. The second kappa shape index (κ2) is 5.04. The Kier molecular flexibility index (Phi) is 2.29. The molecule has 0 heterocycles. The maximum absolute atomic E-state index is 12.0. The van der Waals surface area contributed by atoms with Crippen LogP contribution in [0, 0.1) is 17.3 Å². The van der Waals surface area contributed by atoms with Crippen molar-refractivity contribution in [2.75, 3.05) is 0 Å². The van der Waals surface area contributed by atoms with Crippen molar-refractivity contribution < 1.29 is 16.8 Å². The number of allylic oxidation sites excluding steroid dienone is 5. The number of carbonyl (C=O) groups is 1. The van der Waals surface area contributed by atoms with Crippen LogP contribution in [0.1, 0.15) is 58.7 Å². The van der Waals surface area contributed by atoms with Crippen molar-refractivity contribution in [2.45, 2.75) is 57.4 Å². The van der Waals surface area contributed by atoms with E-state index in [1.807, 2.05) is 19.1 Å². The lowest BCUT2D eigenvalue weighted by Crippen LogP contribution is -2.47. The van der Waals surface area contributed by atoms with Gasteiger partial charge >= 0.3 is 0 Å². The largest absolute Gasteiger partial charge is 0.389 e. The Bertz CT molecular complexity index is 864. The summed E-state index contributed by atoms with van der Waals surface area (Å²) in [6.07, 6.45) is 6.68. The third-order valence-electron chi connectivity index (χ3n) is 6.72. The van der Waals surface area contributed by atoms with E-state index in [4.69, 9.17) is 6.85 Å². The maximum Gasteiger partial charge on any atom is 0.156 e. The molecule has 122 valence electrons. The molecule has 23 heavy (non-hydrogen) atoms. The van der Waals surface area contributed by atoms with E-state index in [0.29, 0.717) is 6.42 Å². The lowest BCUT2D eigenvalue weighted by atomic mass is 9.58. The zero-order valence-electron chi connectivity index (χ0n) is 18.5. The van der Waals surface area contributed by atoms with Gasteiger partial charge in [0.1, 0.15) is 0 Å². The van der Waals surface area contributed by atoms with Crippen molar-refractivity contribution in [3.63, 3.8) is 0 Å². The van der Waals surface area contributed by atoms with E-state index in [1.54, 1.807) is 0 Å². The van der Waals surface area contributed by atoms with Gasteiger partial charge in [0, 0.05) is 14.5 Å². The summed E-state index contributed by atoms with van der Waals surface area (Å²) in [5.74, 6) is -0.0749. The first-order chi connectivity index (χ1) is 13.0. The van der Waals surface area contributed by atoms with Gasteiger partial charge in [0.2, 0.25) is 0 Å². The third kappa shape index (κ3) is 2.00. The molecule has 4 aliphatic carbocycles. The molecule has 0 aromatic carbocycles. The molecule has 1 N–H and O–H groups in total. The second-order valence-electron chi connectivity index (χ2n) is 7.61. The van der Waals surface area contributed by atoms with E-state index >= 15 is 0 Å². The van der Waals surface area contributed by atoms with Gasteiger partial charge in [0.05, 0.1) is 9.71 Å². The molecule has 0 amide bonds. The van der Waals surface area contributed by atoms with Crippen LogP contribution in [0.25, 0.3) is 0 Å². The van der Waals surface area contributed by atoms with E-state index in [9.17, 15) is 9.90 Å². The van der Waals surface area contributed by atoms with Crippen molar-refractivity contribution >= 4 is 5.78 Å². The fraction of sp³-hybridized carbons (Fsp3) is 0.571. The van der Waals surface area contributed by atoms with E-state index in [-0.39, 0.29) is 30.7 Å². The molecule has 2 heteroatoms. The summed E-state index contributed by atoms with van der Waals surface area (Å²) < 4.78 is 38.8. The molecule has 2 nitrogen and oxygen atoms in total. The minimum absolute atomic E-state index is 0.00744. The zero-order valence-corrected chi connectivity index (χ0v) is 13.5. The lowest BCUT2D eigenvalue weighted by Gasteiger charge is -2.48. The molecular weight excluding hydrogens is 284 g/mol. The van der Waals surface area contributed by atoms with Crippen LogP contribution in [0.3, 0.4) is 0 Å². The van der Waals surface area contributed by atoms with Crippen LogP contribution in [0.15, 0.2) is 47.5 Å². The summed E-state index contributed by atoms with van der Waals surface area (Å²) >= 11 is 0. The predicted octanol–water partition coefficient (Wildman–Crippen LogP) is 4.28. The van der Waals surface area contributed by atoms with E-state index in [0.717, 1.165) is 36.0 Å². The first-order valence-corrected chi connectivity index (χ1v) is 8.51. The van der Waals surface area contributed by atoms with E-state index in [1.165, 1.54) is 6.08 Å². The number of rotatable bonds is 2. The highest BCUT2D eigenvalue weighted by molar-refractivity contribution is 5.93. The van der Waals surface area contributed by atoms with Gasteiger partial charge in [-0.3, -0.25) is 4.79 Å². The number of aliphatic hydroxyl groups is 1. The molecule has 0 radical (unpaired) electrons. The van der Waals surface area contributed by atoms with E-state index in [2.05, 4.69) is 0 Å². The third-order valence-corrected chi connectivity index (χ3v) is 6.72. The van der Waals surface area contributed by atoms with Crippen molar-refractivity contribution in [3.05, 3.63) is 47.5 Å². The standard InChI is InChI=1S/C21H26O2/c1-3-10-21(23)12-9-19-18-6-4-14-13-15(22)5-7-16(14)17(18)8-11-20(19,21)2/h3,8,11,13,18-19,23H,1,4-7,9-10,12H2,2H3/t18-,19+,20+,21+/m1/s1/i1D2,3D,5D2. The van der Waals surface area contributed by atoms with Crippen LogP contribution in [0.2, 0.25) is 0 Å². The molecule has 0 spiro atoms. The summed E-state index contributed by atoms with van der Waals surface area (Å²) in [4.78, 5) is 12.0. The average Bonchev–Trinajstić information content (AvgIpc) is 2.87. The van der Waals surface area contributed by atoms with Crippen LogP contribution in [-0.4, -0.2) is 16.5 Å². The number of hydrogen-bond donors (Lipinski definition) is 1. The first-order valence-electron chi connectivity index (χ1n) is 11.0. The summed E-state index contributed by atoms with van der Waals surface area (Å²) in [7, 11) is 0. The summed E-state index contributed by atoms with van der Waals surface area (Å²) in [6.45, 7) is 1.46. The predicted molar refractivity (Wildman–Crippen MR) is 91.8 cm³/mol. The Morgan fingerprint density at radius 1 is 1.57 bits per heavy atom. The van der Waals surface area contributed by atoms with Gasteiger partial charge in [-0.25, -0.2) is 0 Å². The Morgan fingerprint density at radius 2 is 2.43 bits per heavy atom. The Morgan fingerprint density at radius 3 is 3.26 bits per heavy atom. The monoisotopic (exact) mass is 315 g/mol. The normalized spacial score (nSPS) is 47.1. The highest BCUT2D eigenvalue weighted by Gasteiger charge is 2.58. The topological polar surface area (TPSA) is 37.3 Å². The minimum Gasteiger partial charge on any atom is -0.389 e. The second-order valence-corrected chi connectivity index (χ2v) is 7.61. The van der Waals surface area contributed by atoms with Gasteiger partial charge < -0.3 is 5.11 Å². The minimum atomic E-state index is -1.86. The van der Waals surface area contributed by atoms with Crippen LogP contribution in [0.5, 0.6) is 0 Å². The van der Waals surface area contributed by atoms with Gasteiger partial charge in [-0.15, -0.1) is 6.53 Å². The molecular formula is C21H26O2. The molecule has 1 saturated carbocycles. The quantitative estimate of drug-likeness (QED) is 0.772. The Balaban J connectivity index is 1.76. The molecule has 0 aromatic heterocycles. The molecule has 4 atom stereocenters. The summed E-state index contributed by atoms with van der Waals surface area (Å²) in [6, 6.07) is -0.144. The lowest BCUT2D eigenvalue weighted by molar-refractivity contribution is -0.114. The van der Waals surface area contributed by atoms with Crippen molar-refractivity contribution in [2.24, 2.45) is 17.3 Å². The molecule has 0 unspecified atom stereocenters. The molecule has 0 saturated heterocycles. The highest BCUT2D eigenvalue weighted by atomic mass is 16.3. The van der Waals surface area contributed by atoms with Gasteiger partial charge in [-0.1, -0.05) is 25.1 Å². The van der Waals surface area contributed by atoms with E-state index < -0.39 is 29.7 Å². The molecule has 4 aliphatic rings. The molecule has 1 fully saturated rings. The van der Waals surface area contributed by atoms with Gasteiger partial charge in [0.25, 0.3) is 0 Å². The number of hydrogen-bond acceptors (Lipinski definition) is 2. The van der Waals surface area contributed by atoms with Crippen LogP contribution in [0.4, 0.5) is 0 Å². The van der Waals surface area contributed by atoms with Gasteiger partial charge in [0.15, 0.2) is 5.78 Å². The number of carbonyl (C=O) groups excluding carboxylic acids is 1. The van der Waals surface area contributed by atoms with Crippen LogP contribution >= 0.6 is 0 Å². The van der Waals surface area contributed by atoms with Crippen molar-refractivity contribution in [3.8, 4) is 0 Å². The fourth-order valence-corrected chi connectivity index (χ4v) is 5.32. The zero-order chi connectivity index (χ0) is 20.5. The average molecular weight is 315 g/mol. The Labute approximate surface area is 145 Å². The summed E-state index contributed by atoms with van der Waals surface area (Å²) in [5.41, 5.74) is 1.31. The molecule has 0 aliphatic heterocycles.